The van der Waals surface area contributed by atoms with Crippen LogP contribution in [-0.2, 0) is 9.53 Å². The minimum absolute atomic E-state index is 0.425. The zero-order valence-electron chi connectivity index (χ0n) is 6.14. The van der Waals surface area contributed by atoms with Gasteiger partial charge in [-0.25, -0.2) is 0 Å². The number of carboxylic acid groups (broad SMARTS) is 1. The Morgan fingerprint density at radius 1 is 1.50 bits per heavy atom. The lowest BCUT2D eigenvalue weighted by atomic mass is 10.0. The van der Waals surface area contributed by atoms with Crippen molar-refractivity contribution in [3.05, 3.63) is 0 Å². The number of ether oxygens (including phenoxy) is 1. The quantitative estimate of drug-likeness (QED) is 0.384. The molecule has 0 radical (unpaired) electrons. The molecule has 0 saturated carbocycles. The van der Waals surface area contributed by atoms with E-state index in [-0.39, 0.29) is 0 Å². The maximum Gasteiger partial charge on any atom is 0.209 e. The lowest BCUT2D eigenvalue weighted by molar-refractivity contribution is -0.364. The molecule has 1 saturated heterocycles. The smallest absolute Gasteiger partial charge is 0.209 e. The third kappa shape index (κ3) is 1.56. The SMILES string of the molecule is O=C([O-])[C@@]1(O)C[C@@H](O)[C@H](O)CO1. The Kier molecular flexibility index (Phi) is 2.34. The number of hydrogen-bond donors (Lipinski definition) is 3. The van der Waals surface area contributed by atoms with Gasteiger partial charge >= 0.3 is 0 Å². The van der Waals surface area contributed by atoms with Gasteiger partial charge in [0.05, 0.1) is 12.7 Å². The number of aliphatic carboxylic acids is 1. The molecule has 1 heterocycles. The van der Waals surface area contributed by atoms with Gasteiger partial charge in [0, 0.05) is 6.42 Å². The second kappa shape index (κ2) is 2.98. The lowest BCUT2D eigenvalue weighted by Crippen LogP contribution is -2.58. The predicted octanol–water partition coefficient (Wildman–Crippen LogP) is -3.43. The van der Waals surface area contributed by atoms with Crippen LogP contribution in [0.4, 0.5) is 0 Å². The number of carbonyl (C=O) groups is 1. The van der Waals surface area contributed by atoms with Crippen molar-refractivity contribution in [2.75, 3.05) is 6.61 Å². The van der Waals surface area contributed by atoms with Gasteiger partial charge in [0.1, 0.15) is 12.1 Å². The Bertz CT molecular complexity index is 192. The summed E-state index contributed by atoms with van der Waals surface area (Å²) in [4.78, 5) is 10.2. The molecule has 70 valence electrons. The predicted molar refractivity (Wildman–Crippen MR) is 32.5 cm³/mol. The summed E-state index contributed by atoms with van der Waals surface area (Å²) in [5.41, 5.74) is 0. The molecule has 0 aromatic heterocycles. The van der Waals surface area contributed by atoms with Crippen LogP contribution in [0.2, 0.25) is 0 Å². The van der Waals surface area contributed by atoms with Crippen molar-refractivity contribution < 1.29 is 30.0 Å². The molecule has 6 heteroatoms. The Labute approximate surface area is 68.0 Å². The van der Waals surface area contributed by atoms with Gasteiger partial charge in [-0.15, -0.1) is 0 Å². The summed E-state index contributed by atoms with van der Waals surface area (Å²) in [6.45, 7) is -0.425. The Hall–Kier alpha value is -0.690. The van der Waals surface area contributed by atoms with Crippen molar-refractivity contribution in [2.24, 2.45) is 0 Å². The van der Waals surface area contributed by atoms with Gasteiger partial charge in [-0.05, 0) is 0 Å². The first-order valence-corrected chi connectivity index (χ1v) is 3.39. The molecule has 0 amide bonds. The molecule has 0 spiro atoms. The molecular weight excluding hydrogens is 168 g/mol. The van der Waals surface area contributed by atoms with E-state index in [1.54, 1.807) is 0 Å². The molecule has 1 aliphatic heterocycles. The van der Waals surface area contributed by atoms with Gasteiger partial charge in [0.2, 0.25) is 5.79 Å². The fourth-order valence-corrected chi connectivity index (χ4v) is 0.955. The number of hydrogen-bond acceptors (Lipinski definition) is 6. The highest BCUT2D eigenvalue weighted by atomic mass is 16.7. The molecule has 0 bridgehead atoms. The topological polar surface area (TPSA) is 110 Å². The first-order valence-electron chi connectivity index (χ1n) is 3.39. The molecule has 1 aliphatic rings. The third-order valence-electron chi connectivity index (χ3n) is 1.74. The van der Waals surface area contributed by atoms with Crippen molar-refractivity contribution in [1.82, 2.24) is 0 Å². The zero-order valence-corrected chi connectivity index (χ0v) is 6.14. The van der Waals surface area contributed by atoms with E-state index in [1.165, 1.54) is 0 Å². The van der Waals surface area contributed by atoms with Crippen LogP contribution in [0.1, 0.15) is 6.42 Å². The van der Waals surface area contributed by atoms with Gasteiger partial charge in [0.15, 0.2) is 0 Å². The van der Waals surface area contributed by atoms with E-state index in [9.17, 15) is 9.90 Å². The van der Waals surface area contributed by atoms with Gasteiger partial charge in [-0.3, -0.25) is 0 Å². The maximum atomic E-state index is 10.2. The van der Waals surface area contributed by atoms with E-state index in [0.717, 1.165) is 0 Å². The average Bonchev–Trinajstić information content (AvgIpc) is 1.97. The van der Waals surface area contributed by atoms with Crippen molar-refractivity contribution >= 4 is 5.97 Å². The fraction of sp³-hybridized carbons (Fsp3) is 0.833. The highest BCUT2D eigenvalue weighted by Gasteiger charge is 2.40. The van der Waals surface area contributed by atoms with Crippen LogP contribution in [0.15, 0.2) is 0 Å². The standard InChI is InChI=1S/C6H10O6/c7-3-1-6(11,5(9)10)12-2-4(3)8/h3-4,7-8,11H,1-2H2,(H,9,10)/p-1/t3-,4-,6-/m1/s1. The molecule has 1 rings (SSSR count). The van der Waals surface area contributed by atoms with Crippen molar-refractivity contribution in [2.45, 2.75) is 24.4 Å². The number of carbonyl (C=O) groups excluding carboxylic acids is 1. The van der Waals surface area contributed by atoms with Crippen molar-refractivity contribution in [3.63, 3.8) is 0 Å². The van der Waals surface area contributed by atoms with E-state index >= 15 is 0 Å². The summed E-state index contributed by atoms with van der Waals surface area (Å²) >= 11 is 0. The van der Waals surface area contributed by atoms with Gasteiger partial charge in [-0.2, -0.15) is 0 Å². The van der Waals surface area contributed by atoms with Crippen LogP contribution >= 0.6 is 0 Å². The lowest BCUT2D eigenvalue weighted by Gasteiger charge is -2.37. The first-order chi connectivity index (χ1) is 5.46. The zero-order chi connectivity index (χ0) is 9.35. The van der Waals surface area contributed by atoms with E-state index < -0.39 is 37.0 Å². The summed E-state index contributed by atoms with van der Waals surface area (Å²) in [5.74, 6) is -4.29. The summed E-state index contributed by atoms with van der Waals surface area (Å²) < 4.78 is 4.39. The third-order valence-corrected chi connectivity index (χ3v) is 1.74. The van der Waals surface area contributed by atoms with Crippen LogP contribution in [0.5, 0.6) is 0 Å². The second-order valence-electron chi connectivity index (χ2n) is 2.72. The monoisotopic (exact) mass is 177 g/mol. The normalized spacial score (nSPS) is 42.6. The van der Waals surface area contributed by atoms with Gasteiger partial charge in [-0.1, -0.05) is 0 Å². The molecular formula is C6H9O6-. The Morgan fingerprint density at radius 3 is 2.50 bits per heavy atom. The number of carboxylic acids is 1. The summed E-state index contributed by atoms with van der Waals surface area (Å²) in [7, 11) is 0. The van der Waals surface area contributed by atoms with Crippen LogP contribution in [0, 0.1) is 0 Å². The minimum atomic E-state index is -2.47. The number of aliphatic hydroxyl groups is 3. The minimum Gasteiger partial charge on any atom is -0.544 e. The fourth-order valence-electron chi connectivity index (χ4n) is 0.955. The molecule has 0 unspecified atom stereocenters. The van der Waals surface area contributed by atoms with Crippen molar-refractivity contribution in [1.29, 1.82) is 0 Å². The second-order valence-corrected chi connectivity index (χ2v) is 2.72. The largest absolute Gasteiger partial charge is 0.544 e. The number of aliphatic hydroxyl groups excluding tert-OH is 2. The maximum absolute atomic E-state index is 10.2. The average molecular weight is 177 g/mol. The van der Waals surface area contributed by atoms with E-state index in [4.69, 9.17) is 15.3 Å². The molecule has 6 nitrogen and oxygen atoms in total. The van der Waals surface area contributed by atoms with Crippen LogP contribution < -0.4 is 5.11 Å². The first kappa shape index (κ1) is 9.40. The van der Waals surface area contributed by atoms with E-state index in [2.05, 4.69) is 4.74 Å². The van der Waals surface area contributed by atoms with Crippen molar-refractivity contribution in [3.8, 4) is 0 Å². The summed E-state index contributed by atoms with van der Waals surface area (Å²) in [6.07, 6.45) is -3.05. The van der Waals surface area contributed by atoms with Gasteiger partial charge < -0.3 is 30.0 Å². The van der Waals surface area contributed by atoms with Gasteiger partial charge in [0.25, 0.3) is 0 Å². The molecule has 0 aromatic carbocycles. The van der Waals surface area contributed by atoms with E-state index in [0.29, 0.717) is 0 Å². The van der Waals surface area contributed by atoms with Crippen LogP contribution in [-0.4, -0.2) is 45.9 Å². The van der Waals surface area contributed by atoms with Crippen LogP contribution in [0.3, 0.4) is 0 Å². The molecule has 3 N–H and O–H groups in total. The molecule has 1 fully saturated rings. The molecule has 0 aliphatic carbocycles. The molecule has 12 heavy (non-hydrogen) atoms. The highest BCUT2D eigenvalue weighted by molar-refractivity contribution is 5.73. The highest BCUT2D eigenvalue weighted by Crippen LogP contribution is 2.22. The summed E-state index contributed by atoms with van der Waals surface area (Å²) in [6, 6.07) is 0. The Morgan fingerprint density at radius 2 is 2.08 bits per heavy atom. The molecule has 3 atom stereocenters. The summed E-state index contributed by atoms with van der Waals surface area (Å²) in [5, 5.41) is 37.2. The molecule has 0 aromatic rings. The van der Waals surface area contributed by atoms with E-state index in [1.807, 2.05) is 0 Å². The number of rotatable bonds is 1. The van der Waals surface area contributed by atoms with Crippen LogP contribution in [0.25, 0.3) is 0 Å². The Balaban J connectivity index is 2.66.